The van der Waals surface area contributed by atoms with Crippen LogP contribution in [0.2, 0.25) is 0 Å². The van der Waals surface area contributed by atoms with E-state index in [2.05, 4.69) is 5.10 Å². The van der Waals surface area contributed by atoms with Crippen LogP contribution in [0.5, 0.6) is 0 Å². The molecule has 0 atom stereocenters. The molecule has 0 radical (unpaired) electrons. The molecule has 1 heterocycles. The Hall–Kier alpha value is -2.90. The molecule has 6 nitrogen and oxygen atoms in total. The molecule has 0 aliphatic carbocycles. The molecule has 0 saturated heterocycles. The number of benzene rings is 2. The lowest BCUT2D eigenvalue weighted by Crippen LogP contribution is -2.21. The largest absolute Gasteiger partial charge is 0.478 e. The average Bonchev–Trinajstić information content (AvgIpc) is 2.90. The quantitative estimate of drug-likeness (QED) is 0.631. The van der Waals surface area contributed by atoms with Crippen LogP contribution >= 0.6 is 11.9 Å². The number of amides is 1. The predicted octanol–water partition coefficient (Wildman–Crippen LogP) is 3.79. The number of nitrogens with two attached hydrogens (primary N) is 1. The molecule has 7 heteroatoms. The number of hydrogen-bond acceptors (Lipinski definition) is 5. The van der Waals surface area contributed by atoms with Crippen LogP contribution in [0.15, 0.2) is 64.1 Å². The molecule has 0 bridgehead atoms. The van der Waals surface area contributed by atoms with Crippen LogP contribution in [0, 0.1) is 0 Å². The fourth-order valence-corrected chi connectivity index (χ4v) is 2.71. The van der Waals surface area contributed by atoms with Crippen LogP contribution in [0.3, 0.4) is 0 Å². The van der Waals surface area contributed by atoms with Gasteiger partial charge in [0.25, 0.3) is 5.91 Å². The molecule has 0 fully saturated rings. The van der Waals surface area contributed by atoms with Crippen LogP contribution in [0.25, 0.3) is 6.08 Å². The van der Waals surface area contributed by atoms with Crippen molar-refractivity contribution in [2.24, 2.45) is 10.2 Å². The second-order valence-corrected chi connectivity index (χ2v) is 6.11. The van der Waals surface area contributed by atoms with Gasteiger partial charge < -0.3 is 5.11 Å². The van der Waals surface area contributed by atoms with Crippen molar-refractivity contribution in [3.8, 4) is 0 Å². The standard InChI is InChI=1S/C18H15N3O3S.CH4/c1-11-16(10-12-2-4-13(5-3-12)18(23)24)17(22)21(20-11)14-6-8-15(25-19)9-7-14;/h2-10H,19H2,1H3,(H,23,24);1H4/b16-10-;. The second kappa shape index (κ2) is 7.99. The number of aromatic carboxylic acids is 1. The van der Waals surface area contributed by atoms with Crippen molar-refractivity contribution in [1.29, 1.82) is 0 Å². The average molecular weight is 369 g/mol. The van der Waals surface area contributed by atoms with Crippen molar-refractivity contribution in [3.05, 3.63) is 65.2 Å². The van der Waals surface area contributed by atoms with E-state index in [-0.39, 0.29) is 18.9 Å². The molecule has 1 aliphatic heterocycles. The van der Waals surface area contributed by atoms with Gasteiger partial charge in [-0.1, -0.05) is 19.6 Å². The summed E-state index contributed by atoms with van der Waals surface area (Å²) in [7, 11) is 0. The van der Waals surface area contributed by atoms with Crippen molar-refractivity contribution in [3.63, 3.8) is 0 Å². The Balaban J connectivity index is 0.00000243. The third-order valence-electron chi connectivity index (χ3n) is 3.75. The SMILES string of the molecule is C.CC1=NN(c2ccc(SN)cc2)C(=O)/C1=C\c1ccc(C(=O)O)cc1. The first-order valence-electron chi connectivity index (χ1n) is 7.41. The van der Waals surface area contributed by atoms with E-state index >= 15 is 0 Å². The first kappa shape index (κ1) is 19.4. The van der Waals surface area contributed by atoms with E-state index in [1.807, 2.05) is 12.1 Å². The lowest BCUT2D eigenvalue weighted by Gasteiger charge is -2.12. The minimum Gasteiger partial charge on any atom is -0.478 e. The molecule has 0 aromatic heterocycles. The van der Waals surface area contributed by atoms with Crippen LogP contribution in [-0.2, 0) is 4.79 Å². The lowest BCUT2D eigenvalue weighted by molar-refractivity contribution is -0.114. The zero-order valence-electron chi connectivity index (χ0n) is 13.3. The van der Waals surface area contributed by atoms with Crippen LogP contribution in [0.4, 0.5) is 5.69 Å². The molecule has 1 amide bonds. The van der Waals surface area contributed by atoms with Crippen LogP contribution in [-0.4, -0.2) is 22.7 Å². The number of carboxylic acid groups (broad SMARTS) is 1. The number of rotatable bonds is 4. The minimum absolute atomic E-state index is 0. The monoisotopic (exact) mass is 369 g/mol. The topological polar surface area (TPSA) is 96.0 Å². The summed E-state index contributed by atoms with van der Waals surface area (Å²) in [6.07, 6.45) is 1.71. The van der Waals surface area contributed by atoms with Gasteiger partial charge in [0.2, 0.25) is 0 Å². The number of hydrazone groups is 1. The Morgan fingerprint density at radius 3 is 2.31 bits per heavy atom. The summed E-state index contributed by atoms with van der Waals surface area (Å²) in [4.78, 5) is 24.5. The number of hydrogen-bond donors (Lipinski definition) is 2. The molecular formula is C19H19N3O3S. The maximum absolute atomic E-state index is 12.7. The van der Waals surface area contributed by atoms with Gasteiger partial charge in [0.1, 0.15) is 0 Å². The summed E-state index contributed by atoms with van der Waals surface area (Å²) in [5, 5.41) is 20.1. The maximum atomic E-state index is 12.7. The molecule has 3 N–H and O–H groups in total. The molecule has 1 aliphatic rings. The third kappa shape index (κ3) is 3.84. The van der Waals surface area contributed by atoms with Gasteiger partial charge in [0.05, 0.1) is 22.5 Å². The van der Waals surface area contributed by atoms with Gasteiger partial charge in [-0.25, -0.2) is 4.79 Å². The molecule has 0 saturated carbocycles. The van der Waals surface area contributed by atoms with Crippen molar-refractivity contribution in [2.45, 2.75) is 19.2 Å². The first-order chi connectivity index (χ1) is 12.0. The summed E-state index contributed by atoms with van der Waals surface area (Å²) < 4.78 is 0. The smallest absolute Gasteiger partial charge is 0.335 e. The Morgan fingerprint density at radius 1 is 1.15 bits per heavy atom. The Labute approximate surface area is 156 Å². The predicted molar refractivity (Wildman–Crippen MR) is 105 cm³/mol. The molecule has 0 unspecified atom stereocenters. The number of carbonyl (C=O) groups excluding carboxylic acids is 1. The zero-order valence-corrected chi connectivity index (χ0v) is 14.2. The fraction of sp³-hybridized carbons (Fsp3) is 0.105. The summed E-state index contributed by atoms with van der Waals surface area (Å²) in [6, 6.07) is 13.5. The highest BCUT2D eigenvalue weighted by Crippen LogP contribution is 2.26. The van der Waals surface area contributed by atoms with Crippen molar-refractivity contribution in [1.82, 2.24) is 0 Å². The zero-order chi connectivity index (χ0) is 18.0. The van der Waals surface area contributed by atoms with Crippen molar-refractivity contribution < 1.29 is 14.7 Å². The van der Waals surface area contributed by atoms with Gasteiger partial charge >= 0.3 is 5.97 Å². The van der Waals surface area contributed by atoms with Crippen molar-refractivity contribution >= 4 is 41.3 Å². The lowest BCUT2D eigenvalue weighted by atomic mass is 10.1. The van der Waals surface area contributed by atoms with E-state index in [1.165, 1.54) is 17.1 Å². The van der Waals surface area contributed by atoms with Gasteiger partial charge in [-0.15, -0.1) is 0 Å². The number of carbonyl (C=O) groups is 2. The summed E-state index contributed by atoms with van der Waals surface area (Å²) in [6.45, 7) is 1.76. The van der Waals surface area contributed by atoms with Crippen LogP contribution < -0.4 is 10.1 Å². The highest BCUT2D eigenvalue weighted by Gasteiger charge is 2.28. The van der Waals surface area contributed by atoms with E-state index in [9.17, 15) is 9.59 Å². The number of anilines is 1. The Morgan fingerprint density at radius 2 is 1.77 bits per heavy atom. The highest BCUT2D eigenvalue weighted by molar-refractivity contribution is 7.97. The maximum Gasteiger partial charge on any atom is 0.335 e. The Kier molecular flexibility index (Phi) is 5.97. The normalized spacial score (nSPS) is 15.0. The summed E-state index contributed by atoms with van der Waals surface area (Å²) in [5.41, 5.74) is 2.67. The molecule has 0 spiro atoms. The fourth-order valence-electron chi connectivity index (χ4n) is 2.41. The molecule has 3 rings (SSSR count). The number of nitrogens with zero attached hydrogens (tertiary/aromatic N) is 2. The Bertz CT molecular complexity index is 887. The summed E-state index contributed by atoms with van der Waals surface area (Å²) in [5.74, 6) is -1.22. The van der Waals surface area contributed by atoms with E-state index in [4.69, 9.17) is 10.2 Å². The number of carboxylic acids is 1. The van der Waals surface area contributed by atoms with E-state index < -0.39 is 5.97 Å². The molecule has 26 heavy (non-hydrogen) atoms. The minimum atomic E-state index is -0.987. The van der Waals surface area contributed by atoms with Gasteiger partial charge in [0, 0.05) is 4.90 Å². The third-order valence-corrected chi connectivity index (χ3v) is 4.29. The second-order valence-electron chi connectivity index (χ2n) is 5.40. The van der Waals surface area contributed by atoms with Crippen molar-refractivity contribution in [2.75, 3.05) is 5.01 Å². The van der Waals surface area contributed by atoms with Gasteiger partial charge in [-0.2, -0.15) is 10.1 Å². The van der Waals surface area contributed by atoms with E-state index in [0.29, 0.717) is 17.0 Å². The van der Waals surface area contributed by atoms with Gasteiger partial charge in [-0.3, -0.25) is 9.93 Å². The first-order valence-corrected chi connectivity index (χ1v) is 8.29. The molecule has 2 aromatic rings. The highest BCUT2D eigenvalue weighted by atomic mass is 32.2. The van der Waals surface area contributed by atoms with E-state index in [1.54, 1.807) is 37.3 Å². The molecule has 2 aromatic carbocycles. The van der Waals surface area contributed by atoms with Gasteiger partial charge in [0.15, 0.2) is 0 Å². The molecular weight excluding hydrogens is 350 g/mol. The van der Waals surface area contributed by atoms with Crippen LogP contribution in [0.1, 0.15) is 30.3 Å². The summed E-state index contributed by atoms with van der Waals surface area (Å²) >= 11 is 1.13. The van der Waals surface area contributed by atoms with Gasteiger partial charge in [-0.05, 0) is 66.9 Å². The van der Waals surface area contributed by atoms with E-state index in [0.717, 1.165) is 22.4 Å². The molecule has 134 valence electrons.